The molecular weight excluding hydrogens is 467 g/mol. The molecular formula is C20H31IN6O. The van der Waals surface area contributed by atoms with Crippen LogP contribution in [-0.2, 0) is 23.7 Å². The Hall–Kier alpha value is -1.68. The van der Waals surface area contributed by atoms with Gasteiger partial charge in [0.05, 0.1) is 6.61 Å². The fraction of sp³-hybridized carbons (Fsp3) is 0.550. The van der Waals surface area contributed by atoms with Crippen LogP contribution in [0.15, 0.2) is 35.3 Å². The Labute approximate surface area is 184 Å². The van der Waals surface area contributed by atoms with Gasteiger partial charge in [0.15, 0.2) is 11.8 Å². The molecule has 28 heavy (non-hydrogen) atoms. The third-order valence-corrected chi connectivity index (χ3v) is 5.45. The Morgan fingerprint density at radius 1 is 1.21 bits per heavy atom. The van der Waals surface area contributed by atoms with E-state index in [-0.39, 0.29) is 29.4 Å². The molecule has 1 aliphatic carbocycles. The summed E-state index contributed by atoms with van der Waals surface area (Å²) in [7, 11) is 3.66. The van der Waals surface area contributed by atoms with Crippen LogP contribution < -0.4 is 10.6 Å². The maximum atomic E-state index is 5.15. The van der Waals surface area contributed by atoms with E-state index < -0.39 is 0 Å². The first-order valence-corrected chi connectivity index (χ1v) is 9.56. The summed E-state index contributed by atoms with van der Waals surface area (Å²) >= 11 is 0. The summed E-state index contributed by atoms with van der Waals surface area (Å²) in [4.78, 5) is 4.71. The number of aryl methyl sites for hydroxylation is 1. The largest absolute Gasteiger partial charge is 0.383 e. The second kappa shape index (κ2) is 10.8. The Morgan fingerprint density at radius 2 is 1.96 bits per heavy atom. The first kappa shape index (κ1) is 22.6. The minimum Gasteiger partial charge on any atom is -0.383 e. The number of aliphatic imine (C=N–C) groups is 1. The van der Waals surface area contributed by atoms with Crippen molar-refractivity contribution in [1.29, 1.82) is 0 Å². The molecule has 1 aliphatic rings. The average Bonchev–Trinajstić information content (AvgIpc) is 2.97. The zero-order chi connectivity index (χ0) is 19.1. The highest BCUT2D eigenvalue weighted by Gasteiger charge is 2.38. The molecule has 0 bridgehead atoms. The minimum absolute atomic E-state index is 0. The van der Waals surface area contributed by atoms with Crippen molar-refractivity contribution in [2.45, 2.75) is 38.1 Å². The van der Waals surface area contributed by atoms with Crippen molar-refractivity contribution in [2.75, 3.05) is 26.8 Å². The lowest BCUT2D eigenvalue weighted by atomic mass is 9.64. The number of benzene rings is 1. The van der Waals surface area contributed by atoms with Crippen LogP contribution in [0, 0.1) is 6.92 Å². The Balaban J connectivity index is 0.00000280. The molecule has 0 spiro atoms. The van der Waals surface area contributed by atoms with Crippen LogP contribution in [0.5, 0.6) is 0 Å². The number of rotatable bonds is 8. The van der Waals surface area contributed by atoms with E-state index in [0.717, 1.165) is 24.2 Å². The number of hydrogen-bond acceptors (Lipinski definition) is 4. The van der Waals surface area contributed by atoms with E-state index in [1.165, 1.54) is 24.8 Å². The molecule has 8 heteroatoms. The molecule has 1 aromatic heterocycles. The molecule has 7 nitrogen and oxygen atoms in total. The summed E-state index contributed by atoms with van der Waals surface area (Å²) in [6.07, 6.45) is 3.69. The molecule has 154 valence electrons. The van der Waals surface area contributed by atoms with E-state index in [2.05, 4.69) is 51.2 Å². The van der Waals surface area contributed by atoms with Gasteiger partial charge in [-0.25, -0.2) is 4.99 Å². The molecule has 2 N–H and O–H groups in total. The Kier molecular flexibility index (Phi) is 8.68. The lowest BCUT2D eigenvalue weighted by Crippen LogP contribution is -2.49. The van der Waals surface area contributed by atoms with E-state index in [1.54, 1.807) is 7.11 Å². The highest BCUT2D eigenvalue weighted by Crippen LogP contribution is 2.43. The summed E-state index contributed by atoms with van der Waals surface area (Å²) < 4.78 is 7.12. The van der Waals surface area contributed by atoms with Crippen molar-refractivity contribution in [3.05, 3.63) is 47.5 Å². The van der Waals surface area contributed by atoms with E-state index in [4.69, 9.17) is 9.73 Å². The van der Waals surface area contributed by atoms with Gasteiger partial charge in [0.25, 0.3) is 0 Å². The monoisotopic (exact) mass is 498 g/mol. The molecule has 0 aliphatic heterocycles. The third-order valence-electron chi connectivity index (χ3n) is 5.45. The van der Waals surface area contributed by atoms with E-state index in [1.807, 2.05) is 18.5 Å². The number of ether oxygens (including phenoxy) is 1. The molecule has 1 saturated carbocycles. The van der Waals surface area contributed by atoms with Crippen molar-refractivity contribution < 1.29 is 4.74 Å². The number of halogens is 1. The molecule has 1 aromatic carbocycles. The van der Waals surface area contributed by atoms with Crippen molar-refractivity contribution in [3.63, 3.8) is 0 Å². The molecule has 3 rings (SSSR count). The second-order valence-corrected chi connectivity index (χ2v) is 7.16. The molecule has 0 radical (unpaired) electrons. The molecule has 1 fully saturated rings. The number of aromatic nitrogens is 3. The predicted molar refractivity (Wildman–Crippen MR) is 122 cm³/mol. The SMILES string of the molecule is COCCNC(=NCc1nnc(C)n1C)NCC1(c2ccccc2)CCC1.I. The lowest BCUT2D eigenvalue weighted by molar-refractivity contribution is 0.203. The average molecular weight is 498 g/mol. The van der Waals surface area contributed by atoms with Gasteiger partial charge < -0.3 is 19.9 Å². The summed E-state index contributed by atoms with van der Waals surface area (Å²) in [6.45, 7) is 4.63. The highest BCUT2D eigenvalue weighted by atomic mass is 127. The number of hydrogen-bond donors (Lipinski definition) is 2. The smallest absolute Gasteiger partial charge is 0.191 e. The highest BCUT2D eigenvalue weighted by molar-refractivity contribution is 14.0. The molecule has 0 saturated heterocycles. The summed E-state index contributed by atoms with van der Waals surface area (Å²) in [5.74, 6) is 2.52. The van der Waals surface area contributed by atoms with Gasteiger partial charge in [0.2, 0.25) is 0 Å². The molecule has 0 atom stereocenters. The number of nitrogens with zero attached hydrogens (tertiary/aromatic N) is 4. The van der Waals surface area contributed by atoms with Crippen molar-refractivity contribution in [3.8, 4) is 0 Å². The Bertz CT molecular complexity index is 757. The molecule has 1 heterocycles. The van der Waals surface area contributed by atoms with Crippen LogP contribution in [0.1, 0.15) is 36.5 Å². The van der Waals surface area contributed by atoms with Crippen LogP contribution in [-0.4, -0.2) is 47.5 Å². The number of guanidine groups is 1. The van der Waals surface area contributed by atoms with Gasteiger partial charge in [0, 0.05) is 32.7 Å². The van der Waals surface area contributed by atoms with Crippen LogP contribution >= 0.6 is 24.0 Å². The quantitative estimate of drug-likeness (QED) is 0.253. The van der Waals surface area contributed by atoms with Crippen LogP contribution in [0.4, 0.5) is 0 Å². The molecule has 2 aromatic rings. The van der Waals surface area contributed by atoms with Crippen LogP contribution in [0.3, 0.4) is 0 Å². The van der Waals surface area contributed by atoms with E-state index >= 15 is 0 Å². The zero-order valence-electron chi connectivity index (χ0n) is 16.9. The van der Waals surface area contributed by atoms with Gasteiger partial charge in [-0.3, -0.25) is 0 Å². The van der Waals surface area contributed by atoms with Crippen molar-refractivity contribution in [1.82, 2.24) is 25.4 Å². The topological polar surface area (TPSA) is 76.4 Å². The number of nitrogens with one attached hydrogen (secondary N) is 2. The third kappa shape index (κ3) is 5.44. The van der Waals surface area contributed by atoms with Crippen molar-refractivity contribution in [2.24, 2.45) is 12.0 Å². The fourth-order valence-corrected chi connectivity index (χ4v) is 3.40. The summed E-state index contributed by atoms with van der Waals surface area (Å²) in [5, 5.41) is 15.2. The normalized spacial score (nSPS) is 15.5. The van der Waals surface area contributed by atoms with Crippen LogP contribution in [0.25, 0.3) is 0 Å². The van der Waals surface area contributed by atoms with Gasteiger partial charge in [-0.1, -0.05) is 36.8 Å². The fourth-order valence-electron chi connectivity index (χ4n) is 3.40. The first-order chi connectivity index (χ1) is 13.1. The first-order valence-electron chi connectivity index (χ1n) is 9.56. The summed E-state index contributed by atoms with van der Waals surface area (Å²) in [5.41, 5.74) is 1.61. The maximum Gasteiger partial charge on any atom is 0.191 e. The van der Waals surface area contributed by atoms with Crippen molar-refractivity contribution >= 4 is 29.9 Å². The van der Waals surface area contributed by atoms with E-state index in [9.17, 15) is 0 Å². The van der Waals surface area contributed by atoms with Crippen LogP contribution in [0.2, 0.25) is 0 Å². The predicted octanol–water partition coefficient (Wildman–Crippen LogP) is 2.55. The van der Waals surface area contributed by atoms with Gasteiger partial charge in [-0.05, 0) is 25.3 Å². The van der Waals surface area contributed by atoms with E-state index in [0.29, 0.717) is 19.7 Å². The Morgan fingerprint density at radius 3 is 2.54 bits per heavy atom. The summed E-state index contributed by atoms with van der Waals surface area (Å²) in [6, 6.07) is 10.8. The van der Waals surface area contributed by atoms with Gasteiger partial charge in [0.1, 0.15) is 12.4 Å². The standard InChI is InChI=1S/C20H30N6O.HI/c1-16-24-25-18(26(16)2)14-22-19(21-12-13-27-3)23-15-20(10-7-11-20)17-8-5-4-6-9-17;/h4-6,8-9H,7,10-15H2,1-3H3,(H2,21,22,23);1H. The molecule has 0 unspecified atom stereocenters. The molecule has 0 amide bonds. The second-order valence-electron chi connectivity index (χ2n) is 7.16. The number of methoxy groups -OCH3 is 1. The minimum atomic E-state index is 0. The lowest BCUT2D eigenvalue weighted by Gasteiger charge is -2.43. The maximum absolute atomic E-state index is 5.15. The van der Waals surface area contributed by atoms with Gasteiger partial charge in [-0.2, -0.15) is 0 Å². The van der Waals surface area contributed by atoms with Gasteiger partial charge >= 0.3 is 0 Å². The van der Waals surface area contributed by atoms with Gasteiger partial charge in [-0.15, -0.1) is 34.2 Å². The zero-order valence-corrected chi connectivity index (χ0v) is 19.3.